The maximum atomic E-state index is 12.3. The summed E-state index contributed by atoms with van der Waals surface area (Å²) in [6.07, 6.45) is 1.53. The molecule has 0 aliphatic carbocycles. The van der Waals surface area contributed by atoms with Gasteiger partial charge >= 0.3 is 0 Å². The molecule has 0 saturated carbocycles. The number of amides is 1. The van der Waals surface area contributed by atoms with Crippen molar-refractivity contribution < 1.29 is 4.79 Å². The van der Waals surface area contributed by atoms with Gasteiger partial charge in [0, 0.05) is 30.9 Å². The van der Waals surface area contributed by atoms with Crippen molar-refractivity contribution in [1.29, 1.82) is 0 Å². The summed E-state index contributed by atoms with van der Waals surface area (Å²) in [5, 5.41) is 7.42. The van der Waals surface area contributed by atoms with E-state index in [0.717, 1.165) is 29.9 Å². The predicted molar refractivity (Wildman–Crippen MR) is 108 cm³/mol. The summed E-state index contributed by atoms with van der Waals surface area (Å²) in [7, 11) is 1.93. The lowest BCUT2D eigenvalue weighted by molar-refractivity contribution is -0.124. The number of aromatic nitrogens is 2. The zero-order chi connectivity index (χ0) is 17.0. The fourth-order valence-corrected chi connectivity index (χ4v) is 2.70. The number of rotatable bonds is 6. The lowest BCUT2D eigenvalue weighted by Crippen LogP contribution is -2.32. The third-order valence-electron chi connectivity index (χ3n) is 4.31. The number of nitrogens with two attached hydrogens (primary N) is 1. The maximum Gasteiger partial charge on any atom is 0.223 e. The summed E-state index contributed by atoms with van der Waals surface area (Å²) in [5.74, 6) is 0.0196. The van der Waals surface area contributed by atoms with Gasteiger partial charge in [0.05, 0.1) is 5.69 Å². The van der Waals surface area contributed by atoms with Crippen LogP contribution in [0.1, 0.15) is 29.4 Å². The van der Waals surface area contributed by atoms with Crippen LogP contribution in [0.4, 0.5) is 5.69 Å². The Hall–Kier alpha value is -1.72. The SMILES string of the molecule is Cc1nn(C)c(C)c1CC(C)C(=O)NCCc1ccc(N)cc1.Cl.Cl. The number of nitrogens with one attached hydrogen (secondary N) is 1. The number of nitrogen functional groups attached to an aromatic ring is 1. The van der Waals surface area contributed by atoms with Gasteiger partial charge in [-0.25, -0.2) is 0 Å². The fraction of sp³-hybridized carbons (Fsp3) is 0.444. The van der Waals surface area contributed by atoms with Gasteiger partial charge in [0.2, 0.25) is 5.91 Å². The molecule has 1 atom stereocenters. The summed E-state index contributed by atoms with van der Waals surface area (Å²) < 4.78 is 1.87. The summed E-state index contributed by atoms with van der Waals surface area (Å²) >= 11 is 0. The molecule has 0 radical (unpaired) electrons. The van der Waals surface area contributed by atoms with Crippen LogP contribution in [0.25, 0.3) is 0 Å². The molecule has 2 aromatic rings. The third kappa shape index (κ3) is 6.25. The molecular formula is C18H28Cl2N4O. The highest BCUT2D eigenvalue weighted by Crippen LogP contribution is 2.17. The Labute approximate surface area is 162 Å². The first-order valence-electron chi connectivity index (χ1n) is 7.99. The number of carbonyl (C=O) groups excluding carboxylic acids is 1. The second-order valence-corrected chi connectivity index (χ2v) is 6.16. The minimum atomic E-state index is -0.0667. The number of benzene rings is 1. The first kappa shape index (κ1) is 23.3. The Morgan fingerprint density at radius 2 is 1.84 bits per heavy atom. The normalized spacial score (nSPS) is 11.2. The monoisotopic (exact) mass is 386 g/mol. The maximum absolute atomic E-state index is 12.3. The molecule has 2 rings (SSSR count). The summed E-state index contributed by atoms with van der Waals surface area (Å²) in [6.45, 7) is 6.64. The van der Waals surface area contributed by atoms with Crippen molar-refractivity contribution in [3.63, 3.8) is 0 Å². The van der Waals surface area contributed by atoms with Crippen molar-refractivity contribution in [2.45, 2.75) is 33.6 Å². The minimum absolute atomic E-state index is 0. The number of aryl methyl sites for hydroxylation is 2. The molecule has 0 spiro atoms. The van der Waals surface area contributed by atoms with Crippen LogP contribution in [0.15, 0.2) is 24.3 Å². The van der Waals surface area contributed by atoms with Gasteiger partial charge in [-0.3, -0.25) is 9.48 Å². The number of carbonyl (C=O) groups is 1. The van der Waals surface area contributed by atoms with Crippen LogP contribution in [0.5, 0.6) is 0 Å². The number of halogens is 2. The first-order chi connectivity index (χ1) is 10.9. The Morgan fingerprint density at radius 1 is 1.24 bits per heavy atom. The number of nitrogens with zero attached hydrogens (tertiary/aromatic N) is 2. The second kappa shape index (κ2) is 10.3. The molecule has 140 valence electrons. The van der Waals surface area contributed by atoms with E-state index < -0.39 is 0 Å². The number of anilines is 1. The molecular weight excluding hydrogens is 359 g/mol. The standard InChI is InChI=1S/C18H26N4O.2ClH/c1-12(11-17-13(2)21-22(4)14(17)3)18(23)20-10-9-15-5-7-16(19)8-6-15;;/h5-8,12H,9-11,19H2,1-4H3,(H,20,23);2*1H. The molecule has 0 aliphatic rings. The van der Waals surface area contributed by atoms with Gasteiger partial charge < -0.3 is 11.1 Å². The number of hydrogen-bond acceptors (Lipinski definition) is 3. The van der Waals surface area contributed by atoms with Crippen molar-refractivity contribution in [2.24, 2.45) is 13.0 Å². The van der Waals surface area contributed by atoms with E-state index in [9.17, 15) is 4.79 Å². The Kier molecular flexibility index (Phi) is 9.60. The minimum Gasteiger partial charge on any atom is -0.399 e. The van der Waals surface area contributed by atoms with Gasteiger partial charge in [-0.15, -0.1) is 24.8 Å². The van der Waals surface area contributed by atoms with E-state index >= 15 is 0 Å². The zero-order valence-electron chi connectivity index (χ0n) is 15.2. The highest BCUT2D eigenvalue weighted by Gasteiger charge is 2.18. The molecule has 7 heteroatoms. The van der Waals surface area contributed by atoms with Gasteiger partial charge in [0.25, 0.3) is 0 Å². The highest BCUT2D eigenvalue weighted by atomic mass is 35.5. The van der Waals surface area contributed by atoms with Gasteiger partial charge in [0.1, 0.15) is 0 Å². The van der Waals surface area contributed by atoms with Crippen LogP contribution >= 0.6 is 24.8 Å². The van der Waals surface area contributed by atoms with Crippen LogP contribution in [0, 0.1) is 19.8 Å². The molecule has 0 bridgehead atoms. The van der Waals surface area contributed by atoms with Crippen LogP contribution in [0.2, 0.25) is 0 Å². The molecule has 1 heterocycles. The van der Waals surface area contributed by atoms with Gasteiger partial charge in [-0.1, -0.05) is 19.1 Å². The van der Waals surface area contributed by atoms with Gasteiger partial charge in [-0.05, 0) is 49.9 Å². The smallest absolute Gasteiger partial charge is 0.223 e. The van der Waals surface area contributed by atoms with Crippen molar-refractivity contribution in [2.75, 3.05) is 12.3 Å². The lowest BCUT2D eigenvalue weighted by atomic mass is 9.99. The summed E-state index contributed by atoms with van der Waals surface area (Å²) in [6, 6.07) is 7.75. The van der Waals surface area contributed by atoms with Crippen LogP contribution in [0.3, 0.4) is 0 Å². The Bertz CT molecular complexity index is 683. The van der Waals surface area contributed by atoms with E-state index in [1.54, 1.807) is 0 Å². The van der Waals surface area contributed by atoms with Crippen molar-refractivity contribution in [3.05, 3.63) is 46.8 Å². The van der Waals surface area contributed by atoms with E-state index in [1.165, 1.54) is 11.1 Å². The average Bonchev–Trinajstić information content (AvgIpc) is 2.75. The molecule has 0 saturated heterocycles. The molecule has 5 nitrogen and oxygen atoms in total. The molecule has 0 fully saturated rings. The molecule has 3 N–H and O–H groups in total. The average molecular weight is 387 g/mol. The van der Waals surface area contributed by atoms with E-state index in [1.807, 2.05) is 56.8 Å². The largest absolute Gasteiger partial charge is 0.399 e. The van der Waals surface area contributed by atoms with Gasteiger partial charge in [-0.2, -0.15) is 5.10 Å². The van der Waals surface area contributed by atoms with Crippen LogP contribution in [-0.2, 0) is 24.7 Å². The van der Waals surface area contributed by atoms with Crippen molar-refractivity contribution in [3.8, 4) is 0 Å². The zero-order valence-corrected chi connectivity index (χ0v) is 16.8. The molecule has 25 heavy (non-hydrogen) atoms. The molecule has 1 unspecified atom stereocenters. The van der Waals surface area contributed by atoms with E-state index in [2.05, 4.69) is 10.4 Å². The topological polar surface area (TPSA) is 72.9 Å². The van der Waals surface area contributed by atoms with Crippen LogP contribution in [-0.4, -0.2) is 22.2 Å². The van der Waals surface area contributed by atoms with Crippen LogP contribution < -0.4 is 11.1 Å². The highest BCUT2D eigenvalue weighted by molar-refractivity contribution is 5.85. The fourth-order valence-electron chi connectivity index (χ4n) is 2.70. The Morgan fingerprint density at radius 3 is 2.36 bits per heavy atom. The lowest BCUT2D eigenvalue weighted by Gasteiger charge is -2.13. The molecule has 1 aromatic carbocycles. The van der Waals surface area contributed by atoms with E-state index in [-0.39, 0.29) is 36.6 Å². The third-order valence-corrected chi connectivity index (χ3v) is 4.31. The first-order valence-corrected chi connectivity index (χ1v) is 7.99. The molecule has 1 amide bonds. The van der Waals surface area contributed by atoms with Gasteiger partial charge in [0.15, 0.2) is 0 Å². The quantitative estimate of drug-likeness (QED) is 0.749. The predicted octanol–water partition coefficient (Wildman–Crippen LogP) is 3.00. The van der Waals surface area contributed by atoms with Crippen molar-refractivity contribution in [1.82, 2.24) is 15.1 Å². The van der Waals surface area contributed by atoms with Crippen molar-refractivity contribution >= 4 is 36.4 Å². The molecule has 0 aliphatic heterocycles. The summed E-state index contributed by atoms with van der Waals surface area (Å²) in [4.78, 5) is 12.3. The molecule has 1 aromatic heterocycles. The Balaban J connectivity index is 0.00000288. The second-order valence-electron chi connectivity index (χ2n) is 6.16. The number of hydrogen-bond donors (Lipinski definition) is 2. The van der Waals surface area contributed by atoms with E-state index in [0.29, 0.717) is 6.54 Å². The van der Waals surface area contributed by atoms with E-state index in [4.69, 9.17) is 5.73 Å². The summed E-state index contributed by atoms with van der Waals surface area (Å²) in [5.41, 5.74) is 10.9.